The van der Waals surface area contributed by atoms with Gasteiger partial charge in [-0.1, -0.05) is 97.1 Å². The minimum Gasteiger partial charge on any atom is -0.507 e. The summed E-state index contributed by atoms with van der Waals surface area (Å²) in [5.41, 5.74) is 11.5. The first-order chi connectivity index (χ1) is 19.2. The number of hydrogen-bond donors (Lipinski definition) is 1. The molecule has 9 rings (SSSR count). The van der Waals surface area contributed by atoms with Crippen molar-refractivity contribution in [2.75, 3.05) is 0 Å². The molecule has 39 heavy (non-hydrogen) atoms. The van der Waals surface area contributed by atoms with Crippen LogP contribution in [0.3, 0.4) is 0 Å². The number of thiophene rings is 1. The van der Waals surface area contributed by atoms with Gasteiger partial charge in [0.1, 0.15) is 5.75 Å². The van der Waals surface area contributed by atoms with Crippen molar-refractivity contribution in [1.29, 1.82) is 0 Å². The van der Waals surface area contributed by atoms with Crippen molar-refractivity contribution >= 4 is 31.5 Å². The molecule has 6 aromatic carbocycles. The number of phenols is 1. The molecule has 1 nitrogen and oxygen atoms in total. The van der Waals surface area contributed by atoms with Crippen molar-refractivity contribution in [3.8, 4) is 39.1 Å². The monoisotopic (exact) mass is 514 g/mol. The molecular formula is C37H22OS. The van der Waals surface area contributed by atoms with Crippen LogP contribution in [-0.2, 0) is 5.41 Å². The first-order valence-electron chi connectivity index (χ1n) is 13.3. The van der Waals surface area contributed by atoms with Gasteiger partial charge in [-0.3, -0.25) is 0 Å². The van der Waals surface area contributed by atoms with Gasteiger partial charge >= 0.3 is 0 Å². The van der Waals surface area contributed by atoms with E-state index in [0.29, 0.717) is 5.75 Å². The summed E-state index contributed by atoms with van der Waals surface area (Å²) in [4.78, 5) is 0. The van der Waals surface area contributed by atoms with Crippen LogP contribution in [-0.4, -0.2) is 5.11 Å². The summed E-state index contributed by atoms with van der Waals surface area (Å²) in [5, 5.41) is 14.2. The first kappa shape index (κ1) is 21.3. The van der Waals surface area contributed by atoms with E-state index in [1.54, 1.807) is 0 Å². The molecule has 0 radical (unpaired) electrons. The highest BCUT2D eigenvalue weighted by atomic mass is 32.1. The summed E-state index contributed by atoms with van der Waals surface area (Å²) in [5.74, 6) is 0.321. The maximum atomic E-state index is 11.7. The summed E-state index contributed by atoms with van der Waals surface area (Å²) >= 11 is 1.82. The Morgan fingerprint density at radius 2 is 1.00 bits per heavy atom. The van der Waals surface area contributed by atoms with E-state index >= 15 is 0 Å². The number of phenolic OH excluding ortho intramolecular Hbond substituents is 1. The van der Waals surface area contributed by atoms with Gasteiger partial charge in [0.05, 0.1) is 5.41 Å². The maximum Gasteiger partial charge on any atom is 0.123 e. The second-order valence-corrected chi connectivity index (χ2v) is 11.7. The molecule has 0 unspecified atom stereocenters. The molecule has 0 bridgehead atoms. The Bertz CT molecular complexity index is 2100. The molecule has 0 fully saturated rings. The summed E-state index contributed by atoms with van der Waals surface area (Å²) in [6, 6.07) is 45.7. The SMILES string of the molecule is Oc1cc2c(cc1-c1ccc3sc4ccccc4c3c1)-c1ccccc1C21c2ccccc2-c2ccccc21. The van der Waals surface area contributed by atoms with Gasteiger partial charge in [-0.05, 0) is 80.4 Å². The predicted molar refractivity (Wildman–Crippen MR) is 163 cm³/mol. The minimum atomic E-state index is -0.442. The number of aromatic hydroxyl groups is 1. The highest BCUT2D eigenvalue weighted by Crippen LogP contribution is 2.63. The van der Waals surface area contributed by atoms with Crippen LogP contribution in [0, 0.1) is 0 Å². The molecule has 2 aliphatic rings. The lowest BCUT2D eigenvalue weighted by molar-refractivity contribution is 0.476. The number of benzene rings is 6. The molecule has 2 heteroatoms. The van der Waals surface area contributed by atoms with Crippen LogP contribution in [0.25, 0.3) is 53.6 Å². The van der Waals surface area contributed by atoms with Gasteiger partial charge in [-0.15, -0.1) is 11.3 Å². The Morgan fingerprint density at radius 3 is 1.69 bits per heavy atom. The van der Waals surface area contributed by atoms with Gasteiger partial charge < -0.3 is 5.11 Å². The summed E-state index contributed by atoms with van der Waals surface area (Å²) in [6.45, 7) is 0. The van der Waals surface area contributed by atoms with Crippen molar-refractivity contribution < 1.29 is 5.11 Å². The van der Waals surface area contributed by atoms with Gasteiger partial charge in [0.2, 0.25) is 0 Å². The lowest BCUT2D eigenvalue weighted by Crippen LogP contribution is -2.25. The van der Waals surface area contributed by atoms with Crippen molar-refractivity contribution in [2.45, 2.75) is 5.41 Å². The quantitative estimate of drug-likeness (QED) is 0.231. The molecule has 2 aliphatic carbocycles. The smallest absolute Gasteiger partial charge is 0.123 e. The maximum absolute atomic E-state index is 11.7. The van der Waals surface area contributed by atoms with E-state index in [4.69, 9.17) is 0 Å². The van der Waals surface area contributed by atoms with Crippen LogP contribution in [0.5, 0.6) is 5.75 Å². The molecule has 1 spiro atoms. The largest absolute Gasteiger partial charge is 0.507 e. The Labute approximate surface area is 230 Å². The van der Waals surface area contributed by atoms with Crippen molar-refractivity contribution in [3.63, 3.8) is 0 Å². The van der Waals surface area contributed by atoms with Gasteiger partial charge in [0.25, 0.3) is 0 Å². The van der Waals surface area contributed by atoms with E-state index in [0.717, 1.165) is 16.7 Å². The Morgan fingerprint density at radius 1 is 0.436 bits per heavy atom. The fourth-order valence-electron chi connectivity index (χ4n) is 7.25. The Balaban J connectivity index is 1.35. The van der Waals surface area contributed by atoms with Crippen LogP contribution >= 0.6 is 11.3 Å². The molecule has 7 aromatic rings. The second kappa shape index (κ2) is 7.47. The van der Waals surface area contributed by atoms with E-state index < -0.39 is 5.41 Å². The molecule has 0 aliphatic heterocycles. The second-order valence-electron chi connectivity index (χ2n) is 10.6. The fourth-order valence-corrected chi connectivity index (χ4v) is 8.34. The van der Waals surface area contributed by atoms with Crippen LogP contribution < -0.4 is 0 Å². The van der Waals surface area contributed by atoms with E-state index in [-0.39, 0.29) is 0 Å². The molecular weight excluding hydrogens is 492 g/mol. The van der Waals surface area contributed by atoms with E-state index in [2.05, 4.69) is 121 Å². The number of hydrogen-bond acceptors (Lipinski definition) is 2. The normalized spacial score (nSPS) is 13.9. The van der Waals surface area contributed by atoms with Crippen molar-refractivity contribution in [2.24, 2.45) is 0 Å². The lowest BCUT2D eigenvalue weighted by Gasteiger charge is -2.30. The van der Waals surface area contributed by atoms with Crippen molar-refractivity contribution in [3.05, 3.63) is 150 Å². The molecule has 1 aromatic heterocycles. The van der Waals surface area contributed by atoms with E-state index in [1.165, 1.54) is 59.1 Å². The van der Waals surface area contributed by atoms with Crippen molar-refractivity contribution in [1.82, 2.24) is 0 Å². The van der Waals surface area contributed by atoms with E-state index in [1.807, 2.05) is 17.4 Å². The third kappa shape index (κ3) is 2.59. The Hall–Kier alpha value is -4.66. The standard InChI is InChI=1S/C37H22OS/c38-34-21-33-28(20-27(34)22-17-18-36-29(19-22)26-12-4-8-16-35(26)39-36)25-11-3-7-15-32(25)37(33)30-13-5-1-9-23(30)24-10-2-6-14-31(24)37/h1-21,38H. The zero-order chi connectivity index (χ0) is 25.7. The predicted octanol–water partition coefficient (Wildman–Crippen LogP) is 9.77. The highest BCUT2D eigenvalue weighted by Gasteiger charge is 2.51. The van der Waals surface area contributed by atoms with E-state index in [9.17, 15) is 5.11 Å². The first-order valence-corrected chi connectivity index (χ1v) is 14.2. The van der Waals surface area contributed by atoms with Gasteiger partial charge in [-0.25, -0.2) is 0 Å². The zero-order valence-corrected chi connectivity index (χ0v) is 21.8. The zero-order valence-electron chi connectivity index (χ0n) is 21.0. The fraction of sp³-hybridized carbons (Fsp3) is 0.0270. The molecule has 182 valence electrons. The number of rotatable bonds is 1. The Kier molecular flexibility index (Phi) is 4.08. The summed E-state index contributed by atoms with van der Waals surface area (Å²) in [7, 11) is 0. The van der Waals surface area contributed by atoms with Crippen LogP contribution in [0.2, 0.25) is 0 Å². The van der Waals surface area contributed by atoms with Crippen LogP contribution in [0.15, 0.2) is 127 Å². The van der Waals surface area contributed by atoms with Crippen LogP contribution in [0.1, 0.15) is 22.3 Å². The third-order valence-electron chi connectivity index (χ3n) is 8.80. The molecule has 0 saturated heterocycles. The molecule has 1 N–H and O–H groups in total. The minimum absolute atomic E-state index is 0.321. The average molecular weight is 515 g/mol. The topological polar surface area (TPSA) is 20.2 Å². The molecule has 0 saturated carbocycles. The average Bonchev–Trinajstić information content (AvgIpc) is 3.60. The summed E-state index contributed by atoms with van der Waals surface area (Å²) < 4.78 is 2.56. The van der Waals surface area contributed by atoms with Gasteiger partial charge in [0.15, 0.2) is 0 Å². The molecule has 1 heterocycles. The molecule has 0 atom stereocenters. The van der Waals surface area contributed by atoms with Gasteiger partial charge in [0, 0.05) is 25.7 Å². The molecule has 0 amide bonds. The number of fused-ring (bicyclic) bond motifs is 13. The third-order valence-corrected chi connectivity index (χ3v) is 9.95. The lowest BCUT2D eigenvalue weighted by atomic mass is 9.70. The van der Waals surface area contributed by atoms with Crippen LogP contribution in [0.4, 0.5) is 0 Å². The highest BCUT2D eigenvalue weighted by molar-refractivity contribution is 7.25. The van der Waals surface area contributed by atoms with Gasteiger partial charge in [-0.2, -0.15) is 0 Å². The summed E-state index contributed by atoms with van der Waals surface area (Å²) in [6.07, 6.45) is 0.